The molecule has 0 aromatic heterocycles. The molecule has 0 bridgehead atoms. The van der Waals surface area contributed by atoms with E-state index in [0.29, 0.717) is 5.75 Å². The number of benzene rings is 1. The van der Waals surface area contributed by atoms with Crippen LogP contribution in [0.25, 0.3) is 0 Å². The molecule has 0 spiro atoms. The first kappa shape index (κ1) is 12.0. The van der Waals surface area contributed by atoms with Gasteiger partial charge in [-0.15, -0.1) is 0 Å². The van der Waals surface area contributed by atoms with Crippen LogP contribution in [0, 0.1) is 5.82 Å². The Balaban J connectivity index is 3.29. The van der Waals surface area contributed by atoms with Gasteiger partial charge in [0.05, 0.1) is 20.8 Å². The summed E-state index contributed by atoms with van der Waals surface area (Å²) >= 11 is 5.74. The molecule has 15 heavy (non-hydrogen) atoms. The molecule has 84 valence electrons. The fraction of sp³-hybridized carbons (Fsp3) is 0.333. The topological polar surface area (TPSA) is 53.7 Å². The van der Waals surface area contributed by atoms with Crippen LogP contribution in [0.15, 0.2) is 6.07 Å². The van der Waals surface area contributed by atoms with E-state index in [2.05, 4.69) is 4.84 Å². The molecule has 0 saturated heterocycles. The first-order valence-electron chi connectivity index (χ1n) is 4.06. The summed E-state index contributed by atoms with van der Waals surface area (Å²) in [5, 5.41) is -0.149. The van der Waals surface area contributed by atoms with E-state index in [4.69, 9.17) is 27.0 Å². The van der Waals surface area contributed by atoms with Crippen molar-refractivity contribution in [2.45, 2.75) is 6.61 Å². The van der Waals surface area contributed by atoms with Crippen molar-refractivity contribution in [2.75, 3.05) is 14.2 Å². The Kier molecular flexibility index (Phi) is 4.14. The molecule has 1 aromatic rings. The molecular weight excluding hydrogens is 225 g/mol. The summed E-state index contributed by atoms with van der Waals surface area (Å²) in [5.74, 6) is 4.71. The highest BCUT2D eigenvalue weighted by Crippen LogP contribution is 2.38. The number of halogens is 2. The first-order chi connectivity index (χ1) is 7.15. The molecule has 4 nitrogen and oxygen atoms in total. The number of rotatable bonds is 4. The predicted molar refractivity (Wildman–Crippen MR) is 53.5 cm³/mol. The molecule has 1 rings (SSSR count). The van der Waals surface area contributed by atoms with Crippen LogP contribution in [0.1, 0.15) is 5.56 Å². The van der Waals surface area contributed by atoms with E-state index in [1.165, 1.54) is 20.3 Å². The zero-order chi connectivity index (χ0) is 11.4. The lowest BCUT2D eigenvalue weighted by molar-refractivity contribution is 0.121. The number of nitrogens with two attached hydrogens (primary N) is 1. The van der Waals surface area contributed by atoms with E-state index in [9.17, 15) is 4.39 Å². The largest absolute Gasteiger partial charge is 0.493 e. The van der Waals surface area contributed by atoms with Crippen molar-refractivity contribution in [2.24, 2.45) is 5.90 Å². The van der Waals surface area contributed by atoms with E-state index >= 15 is 0 Å². The quantitative estimate of drug-likeness (QED) is 0.810. The van der Waals surface area contributed by atoms with E-state index in [-0.39, 0.29) is 22.9 Å². The van der Waals surface area contributed by atoms with Crippen molar-refractivity contribution in [1.29, 1.82) is 0 Å². The zero-order valence-electron chi connectivity index (χ0n) is 8.34. The second kappa shape index (κ2) is 5.16. The minimum atomic E-state index is -0.625. The SMILES string of the molecule is COc1cc(CON)c(F)c(Cl)c1OC. The lowest BCUT2D eigenvalue weighted by Gasteiger charge is -2.12. The Bertz CT molecular complexity index is 360. The standard InChI is InChI=1S/C9H11ClFNO3/c1-13-6-3-5(4-15-12)8(11)7(10)9(6)14-2/h3H,4,12H2,1-2H3. The van der Waals surface area contributed by atoms with Crippen LogP contribution in [-0.2, 0) is 11.4 Å². The summed E-state index contributed by atoms with van der Waals surface area (Å²) in [7, 11) is 2.81. The Morgan fingerprint density at radius 2 is 2.07 bits per heavy atom. The van der Waals surface area contributed by atoms with Crippen LogP contribution in [0.3, 0.4) is 0 Å². The highest BCUT2D eigenvalue weighted by Gasteiger charge is 2.18. The van der Waals surface area contributed by atoms with Gasteiger partial charge in [0, 0.05) is 5.56 Å². The third kappa shape index (κ3) is 2.31. The highest BCUT2D eigenvalue weighted by atomic mass is 35.5. The molecule has 0 saturated carbocycles. The minimum absolute atomic E-state index is 0.0914. The van der Waals surface area contributed by atoms with E-state index in [1.807, 2.05) is 0 Å². The fourth-order valence-corrected chi connectivity index (χ4v) is 1.46. The molecule has 0 radical (unpaired) electrons. The van der Waals surface area contributed by atoms with Crippen molar-refractivity contribution in [3.63, 3.8) is 0 Å². The van der Waals surface area contributed by atoms with Gasteiger partial charge in [0.2, 0.25) is 0 Å². The molecule has 0 heterocycles. The molecule has 0 amide bonds. The Morgan fingerprint density at radius 1 is 1.40 bits per heavy atom. The molecule has 2 N–H and O–H groups in total. The Labute approximate surface area is 91.6 Å². The number of hydrogen-bond acceptors (Lipinski definition) is 4. The molecule has 0 unspecified atom stereocenters. The number of hydrogen-bond donors (Lipinski definition) is 1. The van der Waals surface area contributed by atoms with Gasteiger partial charge in [-0.2, -0.15) is 0 Å². The molecule has 0 aliphatic rings. The van der Waals surface area contributed by atoms with Crippen LogP contribution in [0.4, 0.5) is 4.39 Å². The van der Waals surface area contributed by atoms with Crippen LogP contribution in [-0.4, -0.2) is 14.2 Å². The van der Waals surface area contributed by atoms with Crippen LogP contribution in [0.2, 0.25) is 5.02 Å². The van der Waals surface area contributed by atoms with Gasteiger partial charge in [0.1, 0.15) is 5.02 Å². The molecule has 0 aliphatic heterocycles. The van der Waals surface area contributed by atoms with Gasteiger partial charge in [-0.1, -0.05) is 11.6 Å². The van der Waals surface area contributed by atoms with E-state index in [1.54, 1.807) is 0 Å². The van der Waals surface area contributed by atoms with Crippen LogP contribution >= 0.6 is 11.6 Å². The van der Waals surface area contributed by atoms with Gasteiger partial charge in [-0.25, -0.2) is 10.3 Å². The smallest absolute Gasteiger partial charge is 0.182 e. The maximum Gasteiger partial charge on any atom is 0.182 e. The lowest BCUT2D eigenvalue weighted by atomic mass is 10.2. The van der Waals surface area contributed by atoms with Gasteiger partial charge < -0.3 is 9.47 Å². The van der Waals surface area contributed by atoms with Crippen LogP contribution in [0.5, 0.6) is 11.5 Å². The van der Waals surface area contributed by atoms with Crippen molar-refractivity contribution < 1.29 is 18.7 Å². The average Bonchev–Trinajstić information content (AvgIpc) is 2.24. The highest BCUT2D eigenvalue weighted by molar-refractivity contribution is 6.32. The third-order valence-corrected chi connectivity index (χ3v) is 2.20. The van der Waals surface area contributed by atoms with E-state index < -0.39 is 5.82 Å². The molecule has 0 atom stereocenters. The molecular formula is C9H11ClFNO3. The molecule has 1 aromatic carbocycles. The van der Waals surface area contributed by atoms with Gasteiger partial charge in [0.15, 0.2) is 17.3 Å². The summed E-state index contributed by atoms with van der Waals surface area (Å²) in [6.45, 7) is -0.0914. The fourth-order valence-electron chi connectivity index (χ4n) is 1.17. The maximum atomic E-state index is 13.5. The second-order valence-corrected chi connectivity index (χ2v) is 3.09. The van der Waals surface area contributed by atoms with Crippen molar-refractivity contribution in [3.8, 4) is 11.5 Å². The average molecular weight is 236 g/mol. The number of methoxy groups -OCH3 is 2. The summed E-state index contributed by atoms with van der Waals surface area (Å²) in [4.78, 5) is 4.34. The summed E-state index contributed by atoms with van der Waals surface area (Å²) in [6, 6.07) is 1.42. The van der Waals surface area contributed by atoms with Crippen molar-refractivity contribution >= 4 is 11.6 Å². The Hall–Kier alpha value is -1.04. The van der Waals surface area contributed by atoms with Gasteiger partial charge in [-0.3, -0.25) is 4.84 Å². The normalized spacial score (nSPS) is 10.2. The van der Waals surface area contributed by atoms with Gasteiger partial charge in [-0.05, 0) is 6.07 Å². The second-order valence-electron chi connectivity index (χ2n) is 2.71. The van der Waals surface area contributed by atoms with Gasteiger partial charge in [0.25, 0.3) is 0 Å². The minimum Gasteiger partial charge on any atom is -0.493 e. The summed E-state index contributed by atoms with van der Waals surface area (Å²) < 4.78 is 23.4. The van der Waals surface area contributed by atoms with Gasteiger partial charge >= 0.3 is 0 Å². The Morgan fingerprint density at radius 3 is 2.53 bits per heavy atom. The van der Waals surface area contributed by atoms with Crippen molar-refractivity contribution in [1.82, 2.24) is 0 Å². The molecule has 6 heteroatoms. The first-order valence-corrected chi connectivity index (χ1v) is 4.44. The molecule has 0 aliphatic carbocycles. The molecule has 0 fully saturated rings. The monoisotopic (exact) mass is 235 g/mol. The number of ether oxygens (including phenoxy) is 2. The summed E-state index contributed by atoms with van der Waals surface area (Å²) in [6.07, 6.45) is 0. The lowest BCUT2D eigenvalue weighted by Crippen LogP contribution is -2.03. The predicted octanol–water partition coefficient (Wildman–Crippen LogP) is 1.89. The summed E-state index contributed by atoms with van der Waals surface area (Å²) in [5.41, 5.74) is 0.208. The van der Waals surface area contributed by atoms with Crippen molar-refractivity contribution in [3.05, 3.63) is 22.5 Å². The maximum absolute atomic E-state index is 13.5. The third-order valence-electron chi connectivity index (χ3n) is 1.87. The zero-order valence-corrected chi connectivity index (χ0v) is 9.10. The van der Waals surface area contributed by atoms with Crippen LogP contribution < -0.4 is 15.4 Å². The van der Waals surface area contributed by atoms with E-state index in [0.717, 1.165) is 0 Å².